The van der Waals surface area contributed by atoms with Gasteiger partial charge in [-0.05, 0) is 18.6 Å². The number of carbonyl (C=O) groups excluding carboxylic acids is 1. The van der Waals surface area contributed by atoms with Crippen LogP contribution in [0.3, 0.4) is 0 Å². The lowest BCUT2D eigenvalue weighted by molar-refractivity contribution is 0.101. The highest BCUT2D eigenvalue weighted by atomic mass is 35.5. The minimum Gasteiger partial charge on any atom is -0.486 e. The zero-order chi connectivity index (χ0) is 13.8. The molecule has 0 bridgehead atoms. The third-order valence-corrected chi connectivity index (χ3v) is 2.95. The van der Waals surface area contributed by atoms with Gasteiger partial charge in [0.25, 0.3) is 0 Å². The van der Waals surface area contributed by atoms with Crippen molar-refractivity contribution in [2.75, 3.05) is 0 Å². The van der Waals surface area contributed by atoms with E-state index in [4.69, 9.17) is 16.3 Å². The van der Waals surface area contributed by atoms with E-state index in [1.807, 2.05) is 30.3 Å². The molecule has 0 aromatic heterocycles. The second kappa shape index (κ2) is 5.85. The van der Waals surface area contributed by atoms with E-state index in [0.29, 0.717) is 0 Å². The smallest absolute Gasteiger partial charge is 0.165 e. The maximum absolute atomic E-state index is 13.8. The summed E-state index contributed by atoms with van der Waals surface area (Å²) in [6, 6.07) is 11.8. The number of halogens is 2. The molecule has 0 amide bonds. The van der Waals surface area contributed by atoms with E-state index >= 15 is 0 Å². The number of hydrogen-bond donors (Lipinski definition) is 0. The fourth-order valence-electron chi connectivity index (χ4n) is 1.64. The molecule has 0 N–H and O–H groups in total. The first-order valence-corrected chi connectivity index (χ1v) is 6.12. The molecule has 0 aliphatic rings. The molecule has 2 aromatic rings. The van der Waals surface area contributed by atoms with E-state index < -0.39 is 5.82 Å². The van der Waals surface area contributed by atoms with Gasteiger partial charge in [-0.15, -0.1) is 0 Å². The predicted octanol–water partition coefficient (Wildman–Crippen LogP) is 4.26. The predicted molar refractivity (Wildman–Crippen MR) is 72.2 cm³/mol. The van der Waals surface area contributed by atoms with Crippen LogP contribution in [-0.2, 0) is 6.61 Å². The summed E-state index contributed by atoms with van der Waals surface area (Å²) in [5, 5.41) is 0.192. The van der Waals surface area contributed by atoms with Gasteiger partial charge in [-0.1, -0.05) is 41.9 Å². The van der Waals surface area contributed by atoms with Crippen molar-refractivity contribution in [1.82, 2.24) is 0 Å². The van der Waals surface area contributed by atoms with E-state index in [1.54, 1.807) is 0 Å². The Morgan fingerprint density at radius 3 is 2.58 bits per heavy atom. The van der Waals surface area contributed by atoms with Crippen LogP contribution in [-0.4, -0.2) is 5.78 Å². The molecule has 4 heteroatoms. The number of carbonyl (C=O) groups is 1. The van der Waals surface area contributed by atoms with Crippen molar-refractivity contribution in [2.24, 2.45) is 0 Å². The topological polar surface area (TPSA) is 26.3 Å². The van der Waals surface area contributed by atoms with Crippen LogP contribution >= 0.6 is 11.6 Å². The zero-order valence-corrected chi connectivity index (χ0v) is 11.1. The van der Waals surface area contributed by atoms with E-state index in [0.717, 1.165) is 11.6 Å². The quantitative estimate of drug-likeness (QED) is 0.781. The average molecular weight is 279 g/mol. The van der Waals surface area contributed by atoms with Gasteiger partial charge in [-0.2, -0.15) is 0 Å². The molecule has 0 saturated heterocycles. The molecular formula is C15H12ClFO2. The summed E-state index contributed by atoms with van der Waals surface area (Å²) in [5.41, 5.74) is 1.08. The monoisotopic (exact) mass is 278 g/mol. The molecule has 2 aromatic carbocycles. The lowest BCUT2D eigenvalue weighted by Crippen LogP contribution is -2.00. The first-order chi connectivity index (χ1) is 9.08. The highest BCUT2D eigenvalue weighted by molar-refractivity contribution is 6.34. The van der Waals surface area contributed by atoms with Crippen LogP contribution in [0.15, 0.2) is 42.5 Å². The molecule has 2 nitrogen and oxygen atoms in total. The van der Waals surface area contributed by atoms with Crippen LogP contribution in [0.1, 0.15) is 22.8 Å². The Kier molecular flexibility index (Phi) is 4.17. The Labute approximate surface area is 115 Å². The first kappa shape index (κ1) is 13.6. The van der Waals surface area contributed by atoms with Gasteiger partial charge in [-0.3, -0.25) is 4.79 Å². The van der Waals surface area contributed by atoms with Crippen LogP contribution in [0.5, 0.6) is 5.75 Å². The van der Waals surface area contributed by atoms with Gasteiger partial charge in [-0.25, -0.2) is 4.39 Å². The summed E-state index contributed by atoms with van der Waals surface area (Å²) in [7, 11) is 0. The van der Waals surface area contributed by atoms with Crippen molar-refractivity contribution < 1.29 is 13.9 Å². The van der Waals surface area contributed by atoms with Crippen molar-refractivity contribution in [3.8, 4) is 5.75 Å². The van der Waals surface area contributed by atoms with Crippen LogP contribution in [0.4, 0.5) is 4.39 Å². The van der Waals surface area contributed by atoms with Gasteiger partial charge in [0.1, 0.15) is 6.61 Å². The number of rotatable bonds is 4. The SMILES string of the molecule is CC(=O)c1cc(F)c(OCc2ccccc2)cc1Cl. The number of benzene rings is 2. The molecule has 0 saturated carbocycles. The van der Waals surface area contributed by atoms with Crippen molar-refractivity contribution in [3.63, 3.8) is 0 Å². The van der Waals surface area contributed by atoms with Crippen LogP contribution in [0, 0.1) is 5.82 Å². The summed E-state index contributed by atoms with van der Waals surface area (Å²) >= 11 is 5.91. The van der Waals surface area contributed by atoms with Gasteiger partial charge in [0.15, 0.2) is 17.3 Å². The molecular weight excluding hydrogens is 267 g/mol. The fraction of sp³-hybridized carbons (Fsp3) is 0.133. The minimum absolute atomic E-state index is 0.0406. The molecule has 0 atom stereocenters. The number of hydrogen-bond acceptors (Lipinski definition) is 2. The molecule has 0 spiro atoms. The highest BCUT2D eigenvalue weighted by Gasteiger charge is 2.12. The van der Waals surface area contributed by atoms with Gasteiger partial charge in [0.05, 0.1) is 5.02 Å². The Bertz CT molecular complexity index is 597. The fourth-order valence-corrected chi connectivity index (χ4v) is 1.93. The Morgan fingerprint density at radius 2 is 1.95 bits per heavy atom. The van der Waals surface area contributed by atoms with Crippen LogP contribution < -0.4 is 4.74 Å². The first-order valence-electron chi connectivity index (χ1n) is 5.74. The standard InChI is InChI=1S/C15H12ClFO2/c1-10(18)12-7-14(17)15(8-13(12)16)19-9-11-5-3-2-4-6-11/h2-8H,9H2,1H3. The Morgan fingerprint density at radius 1 is 1.26 bits per heavy atom. The van der Waals surface area contributed by atoms with E-state index in [1.165, 1.54) is 13.0 Å². The lowest BCUT2D eigenvalue weighted by atomic mass is 10.1. The third kappa shape index (κ3) is 3.32. The van der Waals surface area contributed by atoms with Crippen molar-refractivity contribution in [3.05, 3.63) is 64.4 Å². The van der Waals surface area contributed by atoms with Gasteiger partial charge < -0.3 is 4.74 Å². The lowest BCUT2D eigenvalue weighted by Gasteiger charge is -2.09. The number of ketones is 1. The van der Waals surface area contributed by atoms with Crippen LogP contribution in [0.2, 0.25) is 5.02 Å². The average Bonchev–Trinajstić information content (AvgIpc) is 2.40. The number of Topliss-reactive ketones (excluding diaryl/α,β-unsaturated/α-hetero) is 1. The van der Waals surface area contributed by atoms with E-state index in [-0.39, 0.29) is 28.7 Å². The molecule has 0 unspecified atom stereocenters. The molecule has 0 fully saturated rings. The molecule has 0 aliphatic carbocycles. The zero-order valence-electron chi connectivity index (χ0n) is 10.3. The van der Waals surface area contributed by atoms with E-state index in [2.05, 4.69) is 0 Å². The van der Waals surface area contributed by atoms with Gasteiger partial charge in [0.2, 0.25) is 0 Å². The largest absolute Gasteiger partial charge is 0.486 e. The molecule has 2 rings (SSSR count). The number of ether oxygens (including phenoxy) is 1. The molecule has 0 heterocycles. The van der Waals surface area contributed by atoms with Gasteiger partial charge >= 0.3 is 0 Å². The summed E-state index contributed by atoms with van der Waals surface area (Å²) in [5.74, 6) is -0.831. The van der Waals surface area contributed by atoms with Crippen molar-refractivity contribution in [2.45, 2.75) is 13.5 Å². The summed E-state index contributed by atoms with van der Waals surface area (Å²) < 4.78 is 19.1. The maximum Gasteiger partial charge on any atom is 0.165 e. The summed E-state index contributed by atoms with van der Waals surface area (Å²) in [6.45, 7) is 1.58. The summed E-state index contributed by atoms with van der Waals surface area (Å²) in [4.78, 5) is 11.2. The van der Waals surface area contributed by atoms with Gasteiger partial charge in [0, 0.05) is 11.6 Å². The minimum atomic E-state index is -0.592. The second-order valence-corrected chi connectivity index (χ2v) is 4.50. The van der Waals surface area contributed by atoms with E-state index in [9.17, 15) is 9.18 Å². The normalized spacial score (nSPS) is 10.3. The molecule has 0 radical (unpaired) electrons. The second-order valence-electron chi connectivity index (χ2n) is 4.09. The van der Waals surface area contributed by atoms with Crippen molar-refractivity contribution >= 4 is 17.4 Å². The van der Waals surface area contributed by atoms with Crippen LogP contribution in [0.25, 0.3) is 0 Å². The maximum atomic E-state index is 13.8. The molecule has 19 heavy (non-hydrogen) atoms. The highest BCUT2D eigenvalue weighted by Crippen LogP contribution is 2.27. The Balaban J connectivity index is 2.17. The summed E-state index contributed by atoms with van der Waals surface area (Å²) in [6.07, 6.45) is 0. The Hall–Kier alpha value is -1.87. The molecule has 0 aliphatic heterocycles. The molecule has 98 valence electrons. The van der Waals surface area contributed by atoms with Crippen molar-refractivity contribution in [1.29, 1.82) is 0 Å². The third-order valence-electron chi connectivity index (χ3n) is 2.64.